The minimum absolute atomic E-state index is 0.0493. The molecule has 1 aromatic carbocycles. The molecule has 0 fully saturated rings. The van der Waals surface area contributed by atoms with Crippen LogP contribution in [0.4, 0.5) is 8.78 Å². The van der Waals surface area contributed by atoms with Crippen LogP contribution < -0.4 is 15.8 Å². The molecule has 5 nitrogen and oxygen atoms in total. The second-order valence-corrected chi connectivity index (χ2v) is 6.13. The van der Waals surface area contributed by atoms with Gasteiger partial charge >= 0.3 is 0 Å². The molecule has 0 aliphatic heterocycles. The fraction of sp³-hybridized carbons (Fsp3) is 0.533. The molecule has 0 saturated carbocycles. The molecule has 4 N–H and O–H groups in total. The van der Waals surface area contributed by atoms with Crippen LogP contribution in [0, 0.1) is 17.0 Å². The number of carbonyl (C=O) groups is 1. The number of ether oxygens (including phenoxy) is 1. The van der Waals surface area contributed by atoms with Gasteiger partial charge in [0.1, 0.15) is 18.5 Å². The molecule has 0 aliphatic carbocycles. The Hall–Kier alpha value is -1.73. The van der Waals surface area contributed by atoms with E-state index in [2.05, 4.69) is 5.32 Å². The third-order valence-corrected chi connectivity index (χ3v) is 3.06. The maximum atomic E-state index is 13.0. The SMILES string of the molecule is CC(C)(C)[C@H](N)C(=O)NCC(O)COc1ccc(F)c(F)c1. The summed E-state index contributed by atoms with van der Waals surface area (Å²) in [6.07, 6.45) is -0.996. The average molecular weight is 316 g/mol. The summed E-state index contributed by atoms with van der Waals surface area (Å²) in [6.45, 7) is 5.28. The van der Waals surface area contributed by atoms with Crippen molar-refractivity contribution in [3.8, 4) is 5.75 Å². The van der Waals surface area contributed by atoms with Crippen molar-refractivity contribution in [2.45, 2.75) is 32.9 Å². The van der Waals surface area contributed by atoms with Crippen LogP contribution in [0.2, 0.25) is 0 Å². The molecule has 1 aromatic rings. The van der Waals surface area contributed by atoms with Crippen LogP contribution in [-0.2, 0) is 4.79 Å². The molecule has 2 atom stereocenters. The number of nitrogens with one attached hydrogen (secondary N) is 1. The summed E-state index contributed by atoms with van der Waals surface area (Å²) in [5.74, 6) is -2.29. The lowest BCUT2D eigenvalue weighted by Gasteiger charge is -2.26. The highest BCUT2D eigenvalue weighted by Gasteiger charge is 2.27. The molecule has 124 valence electrons. The summed E-state index contributed by atoms with van der Waals surface area (Å²) in [5.41, 5.74) is 5.38. The van der Waals surface area contributed by atoms with Crippen molar-refractivity contribution in [3.05, 3.63) is 29.8 Å². The van der Waals surface area contributed by atoms with Crippen LogP contribution >= 0.6 is 0 Å². The summed E-state index contributed by atoms with van der Waals surface area (Å²) < 4.78 is 30.8. The first-order chi connectivity index (χ1) is 10.1. The van der Waals surface area contributed by atoms with Gasteiger partial charge in [0, 0.05) is 12.6 Å². The van der Waals surface area contributed by atoms with Crippen molar-refractivity contribution in [3.63, 3.8) is 0 Å². The number of nitrogens with two attached hydrogens (primary N) is 1. The van der Waals surface area contributed by atoms with Gasteiger partial charge in [-0.1, -0.05) is 20.8 Å². The van der Waals surface area contributed by atoms with Gasteiger partial charge in [-0.3, -0.25) is 4.79 Å². The van der Waals surface area contributed by atoms with Crippen molar-refractivity contribution < 1.29 is 23.4 Å². The van der Waals surface area contributed by atoms with E-state index in [0.29, 0.717) is 0 Å². The highest BCUT2D eigenvalue weighted by Crippen LogP contribution is 2.17. The van der Waals surface area contributed by atoms with E-state index in [-0.39, 0.29) is 24.8 Å². The second kappa shape index (κ2) is 7.51. The van der Waals surface area contributed by atoms with E-state index < -0.39 is 29.2 Å². The minimum atomic E-state index is -1.03. The number of hydrogen-bond donors (Lipinski definition) is 3. The van der Waals surface area contributed by atoms with Crippen molar-refractivity contribution in [2.75, 3.05) is 13.2 Å². The number of hydrogen-bond acceptors (Lipinski definition) is 4. The van der Waals surface area contributed by atoms with Gasteiger partial charge in [0.05, 0.1) is 6.04 Å². The predicted octanol–water partition coefficient (Wildman–Crippen LogP) is 1.19. The van der Waals surface area contributed by atoms with Gasteiger partial charge in [0.25, 0.3) is 0 Å². The standard InChI is InChI=1S/C15H22F2N2O3/c1-15(2,3)13(18)14(21)19-7-9(20)8-22-10-4-5-11(16)12(17)6-10/h4-6,9,13,20H,7-8,18H2,1-3H3,(H,19,21)/t9?,13-/m1/s1. The number of halogens is 2. The zero-order valence-electron chi connectivity index (χ0n) is 12.9. The zero-order chi connectivity index (χ0) is 16.9. The summed E-state index contributed by atoms with van der Waals surface area (Å²) in [6, 6.07) is 2.36. The Morgan fingerprint density at radius 2 is 2.00 bits per heavy atom. The fourth-order valence-electron chi connectivity index (χ4n) is 1.54. The predicted molar refractivity (Wildman–Crippen MR) is 78.3 cm³/mol. The average Bonchev–Trinajstić information content (AvgIpc) is 2.44. The lowest BCUT2D eigenvalue weighted by atomic mass is 9.87. The molecule has 1 unspecified atom stereocenters. The molecule has 0 saturated heterocycles. The van der Waals surface area contributed by atoms with E-state index in [0.717, 1.165) is 12.1 Å². The minimum Gasteiger partial charge on any atom is -0.491 e. The molecule has 0 aromatic heterocycles. The smallest absolute Gasteiger partial charge is 0.237 e. The first kappa shape index (κ1) is 18.3. The molecule has 7 heteroatoms. The van der Waals surface area contributed by atoms with E-state index in [1.54, 1.807) is 0 Å². The van der Waals surface area contributed by atoms with Crippen LogP contribution in [0.3, 0.4) is 0 Å². The lowest BCUT2D eigenvalue weighted by molar-refractivity contribution is -0.125. The Labute approximate surface area is 128 Å². The molecule has 0 radical (unpaired) electrons. The highest BCUT2D eigenvalue weighted by molar-refractivity contribution is 5.82. The topological polar surface area (TPSA) is 84.6 Å². The summed E-state index contributed by atoms with van der Waals surface area (Å²) in [4.78, 5) is 11.8. The number of carbonyl (C=O) groups excluding carboxylic acids is 1. The van der Waals surface area contributed by atoms with Crippen LogP contribution in [0.25, 0.3) is 0 Å². The van der Waals surface area contributed by atoms with Crippen molar-refractivity contribution >= 4 is 5.91 Å². The third-order valence-electron chi connectivity index (χ3n) is 3.06. The van der Waals surface area contributed by atoms with Crippen LogP contribution in [0.1, 0.15) is 20.8 Å². The van der Waals surface area contributed by atoms with Crippen LogP contribution in [0.15, 0.2) is 18.2 Å². The van der Waals surface area contributed by atoms with Crippen molar-refractivity contribution in [1.82, 2.24) is 5.32 Å². The molecule has 0 aliphatic rings. The van der Waals surface area contributed by atoms with E-state index in [4.69, 9.17) is 10.5 Å². The third kappa shape index (κ3) is 5.57. The number of rotatable bonds is 6. The molecular formula is C15H22F2N2O3. The maximum Gasteiger partial charge on any atom is 0.237 e. The van der Waals surface area contributed by atoms with Crippen LogP contribution in [0.5, 0.6) is 5.75 Å². The number of aliphatic hydroxyl groups is 1. The fourth-order valence-corrected chi connectivity index (χ4v) is 1.54. The van der Waals surface area contributed by atoms with Gasteiger partial charge in [-0.2, -0.15) is 0 Å². The molecule has 0 bridgehead atoms. The van der Waals surface area contributed by atoms with Gasteiger partial charge in [-0.05, 0) is 17.5 Å². The Bertz CT molecular complexity index is 518. The number of aliphatic hydroxyl groups excluding tert-OH is 1. The van der Waals surface area contributed by atoms with Gasteiger partial charge < -0.3 is 20.9 Å². The quantitative estimate of drug-likeness (QED) is 0.736. The zero-order valence-corrected chi connectivity index (χ0v) is 12.9. The molecule has 22 heavy (non-hydrogen) atoms. The molecule has 0 heterocycles. The summed E-state index contributed by atoms with van der Waals surface area (Å²) in [5, 5.41) is 12.2. The maximum absolute atomic E-state index is 13.0. The lowest BCUT2D eigenvalue weighted by Crippen LogP contribution is -2.50. The van der Waals surface area contributed by atoms with Gasteiger partial charge in [-0.15, -0.1) is 0 Å². The van der Waals surface area contributed by atoms with E-state index >= 15 is 0 Å². The number of amides is 1. The molecular weight excluding hydrogens is 294 g/mol. The first-order valence-electron chi connectivity index (χ1n) is 6.90. The first-order valence-corrected chi connectivity index (χ1v) is 6.90. The van der Waals surface area contributed by atoms with E-state index in [1.807, 2.05) is 20.8 Å². The van der Waals surface area contributed by atoms with Crippen LogP contribution in [-0.4, -0.2) is 36.3 Å². The van der Waals surface area contributed by atoms with Gasteiger partial charge in [0.15, 0.2) is 11.6 Å². The Morgan fingerprint density at radius 3 is 2.55 bits per heavy atom. The molecule has 1 amide bonds. The Balaban J connectivity index is 2.39. The van der Waals surface area contributed by atoms with Gasteiger partial charge in [0.2, 0.25) is 5.91 Å². The Morgan fingerprint density at radius 1 is 1.36 bits per heavy atom. The van der Waals surface area contributed by atoms with Gasteiger partial charge in [-0.25, -0.2) is 8.78 Å². The monoisotopic (exact) mass is 316 g/mol. The Kier molecular flexibility index (Phi) is 6.25. The normalized spacial score (nSPS) is 14.3. The number of benzene rings is 1. The van der Waals surface area contributed by atoms with Crippen molar-refractivity contribution in [1.29, 1.82) is 0 Å². The highest BCUT2D eigenvalue weighted by atomic mass is 19.2. The summed E-state index contributed by atoms with van der Waals surface area (Å²) >= 11 is 0. The van der Waals surface area contributed by atoms with E-state index in [1.165, 1.54) is 6.07 Å². The summed E-state index contributed by atoms with van der Waals surface area (Å²) in [7, 11) is 0. The largest absolute Gasteiger partial charge is 0.491 e. The molecule has 1 rings (SSSR count). The second-order valence-electron chi connectivity index (χ2n) is 6.13. The van der Waals surface area contributed by atoms with E-state index in [9.17, 15) is 18.7 Å². The molecule has 0 spiro atoms. The van der Waals surface area contributed by atoms with Crippen molar-refractivity contribution in [2.24, 2.45) is 11.1 Å².